The van der Waals surface area contributed by atoms with E-state index < -0.39 is 0 Å². The molecule has 0 saturated heterocycles. The lowest BCUT2D eigenvalue weighted by atomic mass is 10.2. The standard InChI is InChI=1S/C10H16ClN/c1-7-5-6-8(2)12(7)10(4)9(3)11/h5-6,9-10H,1-4H3/t9?,10-/m0/s1. The second-order valence-corrected chi connectivity index (χ2v) is 4.09. The summed E-state index contributed by atoms with van der Waals surface area (Å²) in [5.74, 6) is 0. The molecule has 1 heterocycles. The van der Waals surface area contributed by atoms with Crippen LogP contribution >= 0.6 is 11.6 Å². The molecule has 0 aliphatic rings. The minimum absolute atomic E-state index is 0.176. The van der Waals surface area contributed by atoms with Crippen LogP contribution in [-0.4, -0.2) is 9.94 Å². The Morgan fingerprint density at radius 1 is 1.17 bits per heavy atom. The van der Waals surface area contributed by atoms with Crippen molar-refractivity contribution >= 4 is 11.6 Å². The highest BCUT2D eigenvalue weighted by atomic mass is 35.5. The third kappa shape index (κ3) is 1.66. The zero-order valence-corrected chi connectivity index (χ0v) is 8.89. The first-order valence-electron chi connectivity index (χ1n) is 4.32. The molecule has 12 heavy (non-hydrogen) atoms. The predicted octanol–water partition coefficient (Wildman–Crippen LogP) is 3.29. The molecule has 0 bridgehead atoms. The van der Waals surface area contributed by atoms with E-state index in [0.29, 0.717) is 6.04 Å². The van der Waals surface area contributed by atoms with Gasteiger partial charge in [0.1, 0.15) is 0 Å². The minimum Gasteiger partial charge on any atom is -0.345 e. The largest absolute Gasteiger partial charge is 0.345 e. The maximum atomic E-state index is 6.04. The second-order valence-electron chi connectivity index (χ2n) is 3.40. The van der Waals surface area contributed by atoms with Crippen LogP contribution < -0.4 is 0 Å². The number of hydrogen-bond acceptors (Lipinski definition) is 0. The van der Waals surface area contributed by atoms with Crippen LogP contribution in [0.5, 0.6) is 0 Å². The van der Waals surface area contributed by atoms with Crippen LogP contribution in [0.15, 0.2) is 12.1 Å². The van der Waals surface area contributed by atoms with Crippen molar-refractivity contribution in [2.45, 2.75) is 39.1 Å². The molecule has 1 nitrogen and oxygen atoms in total. The summed E-state index contributed by atoms with van der Waals surface area (Å²) >= 11 is 6.04. The summed E-state index contributed by atoms with van der Waals surface area (Å²) in [4.78, 5) is 0. The lowest BCUT2D eigenvalue weighted by Crippen LogP contribution is -2.16. The maximum absolute atomic E-state index is 6.04. The third-order valence-electron chi connectivity index (χ3n) is 2.40. The van der Waals surface area contributed by atoms with E-state index in [4.69, 9.17) is 11.6 Å². The predicted molar refractivity (Wildman–Crippen MR) is 53.9 cm³/mol. The smallest absolute Gasteiger partial charge is 0.0512 e. The average molecular weight is 186 g/mol. The van der Waals surface area contributed by atoms with Crippen molar-refractivity contribution in [1.82, 2.24) is 4.57 Å². The fraction of sp³-hybridized carbons (Fsp3) is 0.600. The van der Waals surface area contributed by atoms with Gasteiger partial charge < -0.3 is 4.57 Å². The number of rotatable bonds is 2. The molecular formula is C10H16ClN. The monoisotopic (exact) mass is 185 g/mol. The van der Waals surface area contributed by atoms with E-state index >= 15 is 0 Å². The van der Waals surface area contributed by atoms with Crippen LogP contribution in [0.3, 0.4) is 0 Å². The van der Waals surface area contributed by atoms with E-state index in [-0.39, 0.29) is 5.38 Å². The molecule has 0 aliphatic carbocycles. The number of nitrogens with zero attached hydrogens (tertiary/aromatic N) is 1. The lowest BCUT2D eigenvalue weighted by Gasteiger charge is -2.20. The topological polar surface area (TPSA) is 4.93 Å². The molecule has 0 aliphatic heterocycles. The minimum atomic E-state index is 0.176. The Labute approximate surface area is 79.3 Å². The Bertz CT molecular complexity index is 243. The molecule has 2 atom stereocenters. The van der Waals surface area contributed by atoms with Crippen molar-refractivity contribution in [2.24, 2.45) is 0 Å². The van der Waals surface area contributed by atoms with Gasteiger partial charge in [0.05, 0.1) is 5.38 Å². The molecule has 1 rings (SSSR count). The van der Waals surface area contributed by atoms with Crippen molar-refractivity contribution in [3.63, 3.8) is 0 Å². The molecule has 0 radical (unpaired) electrons. The SMILES string of the molecule is Cc1ccc(C)n1[C@@H](C)C(C)Cl. The van der Waals surface area contributed by atoms with Gasteiger partial charge in [0, 0.05) is 17.4 Å². The van der Waals surface area contributed by atoms with Gasteiger partial charge in [-0.25, -0.2) is 0 Å². The summed E-state index contributed by atoms with van der Waals surface area (Å²) in [7, 11) is 0. The molecule has 0 saturated carbocycles. The number of alkyl halides is 1. The summed E-state index contributed by atoms with van der Waals surface area (Å²) in [5, 5.41) is 0.176. The Hall–Kier alpha value is -0.430. The summed E-state index contributed by atoms with van der Waals surface area (Å²) in [6.07, 6.45) is 0. The van der Waals surface area contributed by atoms with Gasteiger partial charge in [0.2, 0.25) is 0 Å². The van der Waals surface area contributed by atoms with Crippen molar-refractivity contribution in [1.29, 1.82) is 0 Å². The number of aromatic nitrogens is 1. The number of halogens is 1. The fourth-order valence-electron chi connectivity index (χ4n) is 1.53. The maximum Gasteiger partial charge on any atom is 0.0512 e. The normalized spacial score (nSPS) is 16.1. The highest BCUT2D eigenvalue weighted by Gasteiger charge is 2.13. The molecule has 0 aromatic carbocycles. The molecular weight excluding hydrogens is 170 g/mol. The quantitative estimate of drug-likeness (QED) is 0.624. The van der Waals surface area contributed by atoms with Gasteiger partial charge in [-0.2, -0.15) is 0 Å². The van der Waals surface area contributed by atoms with Crippen LogP contribution in [-0.2, 0) is 0 Å². The molecule has 0 spiro atoms. The Balaban J connectivity index is 3.00. The molecule has 2 heteroatoms. The lowest BCUT2D eigenvalue weighted by molar-refractivity contribution is 0.518. The number of hydrogen-bond donors (Lipinski definition) is 0. The van der Waals surface area contributed by atoms with Crippen LogP contribution in [0.2, 0.25) is 0 Å². The summed E-state index contributed by atoms with van der Waals surface area (Å²) in [5.41, 5.74) is 2.57. The molecule has 0 fully saturated rings. The van der Waals surface area contributed by atoms with E-state index in [2.05, 4.69) is 37.5 Å². The fourth-order valence-corrected chi connectivity index (χ4v) is 1.64. The van der Waals surface area contributed by atoms with Gasteiger partial charge in [-0.3, -0.25) is 0 Å². The van der Waals surface area contributed by atoms with Gasteiger partial charge in [-0.1, -0.05) is 0 Å². The van der Waals surface area contributed by atoms with Crippen LogP contribution in [0.1, 0.15) is 31.3 Å². The molecule has 0 amide bonds. The van der Waals surface area contributed by atoms with Gasteiger partial charge in [0.25, 0.3) is 0 Å². The van der Waals surface area contributed by atoms with Gasteiger partial charge in [0.15, 0.2) is 0 Å². The van der Waals surface area contributed by atoms with E-state index in [9.17, 15) is 0 Å². The molecule has 1 unspecified atom stereocenters. The zero-order valence-electron chi connectivity index (χ0n) is 8.13. The van der Waals surface area contributed by atoms with Crippen LogP contribution in [0.4, 0.5) is 0 Å². The van der Waals surface area contributed by atoms with E-state index in [1.54, 1.807) is 0 Å². The first-order valence-corrected chi connectivity index (χ1v) is 4.76. The molecule has 1 aromatic rings. The summed E-state index contributed by atoms with van der Waals surface area (Å²) in [6.45, 7) is 8.41. The van der Waals surface area contributed by atoms with Crippen molar-refractivity contribution in [3.8, 4) is 0 Å². The molecule has 0 N–H and O–H groups in total. The summed E-state index contributed by atoms with van der Waals surface area (Å²) in [6, 6.07) is 4.64. The second kappa shape index (κ2) is 3.53. The highest BCUT2D eigenvalue weighted by Crippen LogP contribution is 2.21. The summed E-state index contributed by atoms with van der Waals surface area (Å²) < 4.78 is 2.28. The Morgan fingerprint density at radius 2 is 1.58 bits per heavy atom. The van der Waals surface area contributed by atoms with Crippen LogP contribution in [0.25, 0.3) is 0 Å². The molecule has 68 valence electrons. The van der Waals surface area contributed by atoms with E-state index in [1.165, 1.54) is 11.4 Å². The number of aryl methyl sites for hydroxylation is 2. The average Bonchev–Trinajstić information content (AvgIpc) is 2.30. The van der Waals surface area contributed by atoms with E-state index in [1.807, 2.05) is 6.92 Å². The van der Waals surface area contributed by atoms with Crippen molar-refractivity contribution < 1.29 is 0 Å². The van der Waals surface area contributed by atoms with Gasteiger partial charge in [-0.05, 0) is 39.8 Å². The van der Waals surface area contributed by atoms with Crippen LogP contribution in [0, 0.1) is 13.8 Å². The molecule has 1 aromatic heterocycles. The third-order valence-corrected chi connectivity index (χ3v) is 2.76. The van der Waals surface area contributed by atoms with Gasteiger partial charge >= 0.3 is 0 Å². The van der Waals surface area contributed by atoms with Crippen molar-refractivity contribution in [3.05, 3.63) is 23.5 Å². The zero-order chi connectivity index (χ0) is 9.30. The Kier molecular flexibility index (Phi) is 2.84. The first-order chi connectivity index (χ1) is 5.54. The first kappa shape index (κ1) is 9.66. The van der Waals surface area contributed by atoms with Gasteiger partial charge in [-0.15, -0.1) is 11.6 Å². The highest BCUT2D eigenvalue weighted by molar-refractivity contribution is 6.20. The Morgan fingerprint density at radius 3 is 1.92 bits per heavy atom. The van der Waals surface area contributed by atoms with E-state index in [0.717, 1.165) is 0 Å². The van der Waals surface area contributed by atoms with Crippen molar-refractivity contribution in [2.75, 3.05) is 0 Å².